The summed E-state index contributed by atoms with van der Waals surface area (Å²) >= 11 is 3.50. The van der Waals surface area contributed by atoms with E-state index in [4.69, 9.17) is 0 Å². The first kappa shape index (κ1) is 16.8. The molecule has 0 saturated heterocycles. The zero-order valence-corrected chi connectivity index (χ0v) is 16.2. The van der Waals surface area contributed by atoms with Crippen molar-refractivity contribution in [2.45, 2.75) is 38.3 Å². The quantitative estimate of drug-likeness (QED) is 0.756. The van der Waals surface area contributed by atoms with Gasteiger partial charge >= 0.3 is 0 Å². The fourth-order valence-corrected chi connectivity index (χ4v) is 4.28. The number of aliphatic hydroxyl groups is 1. The molecular weight excluding hydrogens is 376 g/mol. The summed E-state index contributed by atoms with van der Waals surface area (Å²) in [6.45, 7) is 3.74. The molecule has 0 radical (unpaired) electrons. The lowest BCUT2D eigenvalue weighted by atomic mass is 10.00. The molecule has 130 valence electrons. The minimum absolute atomic E-state index is 0.623. The lowest BCUT2D eigenvalue weighted by Gasteiger charge is -2.29. The number of anilines is 1. The maximum absolute atomic E-state index is 11.8. The number of hydrogen-bond donors (Lipinski definition) is 1. The van der Waals surface area contributed by atoms with Gasteiger partial charge in [0.2, 0.25) is 0 Å². The second kappa shape index (κ2) is 6.58. The standard InChI is InChI=1S/C21H24BrN2O/c1-16-6-12-19(13-7-16)24-20-5-3-2-4-14-23(20)15-21(24,25)17-8-10-18(22)11-9-17/h6-13,25H,2-5,14-15H2,1H3/q+1/t21-/m1/s1. The second-order valence-electron chi connectivity index (χ2n) is 7.14. The number of rotatable bonds is 2. The summed E-state index contributed by atoms with van der Waals surface area (Å²) in [6.07, 6.45) is 4.66. The van der Waals surface area contributed by atoms with Crippen LogP contribution in [0, 0.1) is 6.92 Å². The summed E-state index contributed by atoms with van der Waals surface area (Å²) in [4.78, 5) is 2.17. The third-order valence-electron chi connectivity index (χ3n) is 5.33. The predicted octanol–water partition coefficient (Wildman–Crippen LogP) is 4.41. The molecule has 2 aliphatic heterocycles. The largest absolute Gasteiger partial charge is 0.346 e. The molecule has 4 heteroatoms. The third-order valence-corrected chi connectivity index (χ3v) is 5.86. The molecule has 0 fully saturated rings. The smallest absolute Gasteiger partial charge is 0.275 e. The molecule has 0 aliphatic carbocycles. The number of benzene rings is 2. The van der Waals surface area contributed by atoms with Crippen LogP contribution in [-0.2, 0) is 5.72 Å². The van der Waals surface area contributed by atoms with Gasteiger partial charge in [-0.25, -0.2) is 0 Å². The zero-order valence-electron chi connectivity index (χ0n) is 14.6. The number of nitrogens with zero attached hydrogens (tertiary/aromatic N) is 2. The molecule has 0 bridgehead atoms. The van der Waals surface area contributed by atoms with Crippen LogP contribution >= 0.6 is 15.9 Å². The molecule has 0 saturated carbocycles. The molecule has 1 atom stereocenters. The Morgan fingerprint density at radius 2 is 1.72 bits per heavy atom. The highest BCUT2D eigenvalue weighted by molar-refractivity contribution is 9.10. The summed E-state index contributed by atoms with van der Waals surface area (Å²) in [5.74, 6) is 1.26. The summed E-state index contributed by atoms with van der Waals surface area (Å²) in [5, 5.41) is 11.8. The van der Waals surface area contributed by atoms with Crippen LogP contribution in [0.3, 0.4) is 0 Å². The Bertz CT molecular complexity index is 798. The van der Waals surface area contributed by atoms with Crippen molar-refractivity contribution in [2.24, 2.45) is 0 Å². The Kier molecular flexibility index (Phi) is 4.42. The SMILES string of the molecule is Cc1ccc(N2C3=[N+](CCCCC3)C[C@@]2(O)c2ccc(Br)cc2)cc1. The monoisotopic (exact) mass is 399 g/mol. The summed E-state index contributed by atoms with van der Waals surface area (Å²) in [5.41, 5.74) is 2.22. The second-order valence-corrected chi connectivity index (χ2v) is 8.06. The molecule has 0 aromatic heterocycles. The summed E-state index contributed by atoms with van der Waals surface area (Å²) in [6, 6.07) is 16.6. The van der Waals surface area contributed by atoms with Crippen molar-refractivity contribution in [3.05, 3.63) is 64.1 Å². The van der Waals surface area contributed by atoms with Gasteiger partial charge in [-0.3, -0.25) is 4.58 Å². The van der Waals surface area contributed by atoms with E-state index in [0.29, 0.717) is 6.54 Å². The van der Waals surface area contributed by atoms with Crippen LogP contribution in [0.25, 0.3) is 0 Å². The molecule has 4 rings (SSSR count). The van der Waals surface area contributed by atoms with E-state index in [2.05, 4.69) is 56.6 Å². The van der Waals surface area contributed by atoms with Gasteiger partial charge in [-0.05, 0) is 50.5 Å². The van der Waals surface area contributed by atoms with Gasteiger partial charge in [-0.2, -0.15) is 4.90 Å². The number of halogens is 1. The molecule has 0 spiro atoms. The van der Waals surface area contributed by atoms with E-state index in [1.54, 1.807) is 0 Å². The van der Waals surface area contributed by atoms with Gasteiger partial charge in [-0.15, -0.1) is 0 Å². The van der Waals surface area contributed by atoms with Crippen LogP contribution < -0.4 is 4.90 Å². The van der Waals surface area contributed by atoms with Crippen molar-refractivity contribution in [2.75, 3.05) is 18.0 Å². The molecule has 2 aliphatic rings. The highest BCUT2D eigenvalue weighted by Crippen LogP contribution is 2.38. The van der Waals surface area contributed by atoms with Gasteiger partial charge in [0.15, 0.2) is 6.54 Å². The van der Waals surface area contributed by atoms with Crippen LogP contribution in [0.1, 0.15) is 36.8 Å². The fraction of sp³-hybridized carbons (Fsp3) is 0.381. The molecular formula is C21H24BrN2O+. The van der Waals surface area contributed by atoms with Gasteiger partial charge in [0.25, 0.3) is 11.6 Å². The van der Waals surface area contributed by atoms with E-state index in [1.165, 1.54) is 30.7 Å². The first-order valence-corrected chi connectivity index (χ1v) is 9.83. The first-order chi connectivity index (χ1) is 12.1. The molecule has 25 heavy (non-hydrogen) atoms. The van der Waals surface area contributed by atoms with Gasteiger partial charge in [0, 0.05) is 16.5 Å². The molecule has 2 aromatic rings. The van der Waals surface area contributed by atoms with E-state index >= 15 is 0 Å². The average Bonchev–Trinajstić information content (AvgIpc) is 2.74. The van der Waals surface area contributed by atoms with E-state index in [1.807, 2.05) is 24.3 Å². The zero-order chi connectivity index (χ0) is 17.4. The van der Waals surface area contributed by atoms with Gasteiger partial charge < -0.3 is 5.11 Å². The van der Waals surface area contributed by atoms with Crippen LogP contribution in [0.2, 0.25) is 0 Å². The highest BCUT2D eigenvalue weighted by atomic mass is 79.9. The van der Waals surface area contributed by atoms with Crippen LogP contribution in [0.5, 0.6) is 0 Å². The molecule has 0 amide bonds. The van der Waals surface area contributed by atoms with Crippen molar-refractivity contribution in [1.29, 1.82) is 0 Å². The molecule has 3 nitrogen and oxygen atoms in total. The lowest BCUT2D eigenvalue weighted by molar-refractivity contribution is -0.534. The Hall–Kier alpha value is -1.65. The van der Waals surface area contributed by atoms with Crippen molar-refractivity contribution >= 4 is 27.5 Å². The lowest BCUT2D eigenvalue weighted by Crippen LogP contribution is -2.47. The van der Waals surface area contributed by atoms with Crippen LogP contribution in [-0.4, -0.2) is 28.6 Å². The maximum atomic E-state index is 11.8. The van der Waals surface area contributed by atoms with Crippen LogP contribution in [0.15, 0.2) is 53.0 Å². The molecule has 2 aromatic carbocycles. The van der Waals surface area contributed by atoms with Crippen molar-refractivity contribution in [3.63, 3.8) is 0 Å². The Labute approximate surface area is 157 Å². The third kappa shape index (κ3) is 3.02. The molecule has 0 unspecified atom stereocenters. The summed E-state index contributed by atoms with van der Waals surface area (Å²) < 4.78 is 3.41. The van der Waals surface area contributed by atoms with E-state index < -0.39 is 5.72 Å². The van der Waals surface area contributed by atoms with Gasteiger partial charge in [-0.1, -0.05) is 45.8 Å². The van der Waals surface area contributed by atoms with E-state index in [9.17, 15) is 5.11 Å². The van der Waals surface area contributed by atoms with Crippen molar-refractivity contribution in [1.82, 2.24) is 0 Å². The van der Waals surface area contributed by atoms with Crippen LogP contribution in [0.4, 0.5) is 5.69 Å². The number of hydrogen-bond acceptors (Lipinski definition) is 2. The van der Waals surface area contributed by atoms with Gasteiger partial charge in [0.05, 0.1) is 6.54 Å². The fourth-order valence-electron chi connectivity index (χ4n) is 4.02. The number of aryl methyl sites for hydroxylation is 1. The molecule has 2 heterocycles. The van der Waals surface area contributed by atoms with E-state index in [0.717, 1.165) is 28.7 Å². The van der Waals surface area contributed by atoms with E-state index in [-0.39, 0.29) is 0 Å². The molecule has 1 N–H and O–H groups in total. The minimum atomic E-state index is -1.03. The predicted molar refractivity (Wildman–Crippen MR) is 105 cm³/mol. The van der Waals surface area contributed by atoms with Crippen molar-refractivity contribution < 1.29 is 9.68 Å². The Balaban J connectivity index is 1.83. The summed E-state index contributed by atoms with van der Waals surface area (Å²) in [7, 11) is 0. The van der Waals surface area contributed by atoms with Crippen molar-refractivity contribution in [3.8, 4) is 0 Å². The normalized spacial score (nSPS) is 23.6. The first-order valence-electron chi connectivity index (χ1n) is 9.04. The topological polar surface area (TPSA) is 26.5 Å². The minimum Gasteiger partial charge on any atom is -0.346 e. The average molecular weight is 400 g/mol. The highest BCUT2D eigenvalue weighted by Gasteiger charge is 2.53. The Morgan fingerprint density at radius 3 is 2.44 bits per heavy atom. The number of amidine groups is 1. The Morgan fingerprint density at radius 1 is 1.00 bits per heavy atom. The van der Waals surface area contributed by atoms with Gasteiger partial charge in [0.1, 0.15) is 5.69 Å². The maximum Gasteiger partial charge on any atom is 0.275 e.